The van der Waals surface area contributed by atoms with Crippen LogP contribution in [0.4, 0.5) is 18.9 Å². The summed E-state index contributed by atoms with van der Waals surface area (Å²) in [4.78, 5) is 5.88. The third-order valence-corrected chi connectivity index (χ3v) is 5.56. The SMILES string of the molecule is OCc1ccc(-c2ccc(N3CCC(Oc4ccc(C(F)(F)F)cn4)C3)c(CO)c2)cc1. The lowest BCUT2D eigenvalue weighted by Crippen LogP contribution is -2.25. The van der Waals surface area contributed by atoms with Gasteiger partial charge in [-0.3, -0.25) is 0 Å². The van der Waals surface area contributed by atoms with Gasteiger partial charge in [0.1, 0.15) is 6.10 Å². The fourth-order valence-corrected chi connectivity index (χ4v) is 3.83. The average Bonchev–Trinajstić information content (AvgIpc) is 3.26. The van der Waals surface area contributed by atoms with Gasteiger partial charge in [-0.05, 0) is 34.9 Å². The maximum atomic E-state index is 12.7. The molecular weight excluding hydrogens is 421 g/mol. The van der Waals surface area contributed by atoms with Crippen LogP contribution in [0.1, 0.15) is 23.1 Å². The molecule has 2 aromatic carbocycles. The van der Waals surface area contributed by atoms with E-state index in [1.54, 1.807) is 0 Å². The van der Waals surface area contributed by atoms with Gasteiger partial charge in [-0.2, -0.15) is 13.2 Å². The molecule has 0 saturated carbocycles. The van der Waals surface area contributed by atoms with Crippen LogP contribution in [-0.2, 0) is 19.4 Å². The predicted octanol–water partition coefficient (Wildman–Crippen LogP) is 4.41. The van der Waals surface area contributed by atoms with Crippen LogP contribution in [0.2, 0.25) is 0 Å². The summed E-state index contributed by atoms with van der Waals surface area (Å²) in [6.07, 6.45) is -3.17. The average molecular weight is 444 g/mol. The monoisotopic (exact) mass is 444 g/mol. The van der Waals surface area contributed by atoms with Crippen LogP contribution >= 0.6 is 0 Å². The quantitative estimate of drug-likeness (QED) is 0.590. The van der Waals surface area contributed by atoms with Gasteiger partial charge in [-0.15, -0.1) is 0 Å². The fourth-order valence-electron chi connectivity index (χ4n) is 3.83. The molecule has 168 valence electrons. The Hall–Kier alpha value is -3.10. The van der Waals surface area contributed by atoms with Gasteiger partial charge in [-0.1, -0.05) is 30.3 Å². The number of anilines is 1. The highest BCUT2D eigenvalue weighted by atomic mass is 19.4. The summed E-state index contributed by atoms with van der Waals surface area (Å²) >= 11 is 0. The summed E-state index contributed by atoms with van der Waals surface area (Å²) in [5.41, 5.74) is 3.65. The lowest BCUT2D eigenvalue weighted by molar-refractivity contribution is -0.137. The topological polar surface area (TPSA) is 65.8 Å². The maximum Gasteiger partial charge on any atom is 0.417 e. The van der Waals surface area contributed by atoms with E-state index in [0.717, 1.165) is 40.2 Å². The van der Waals surface area contributed by atoms with E-state index < -0.39 is 11.7 Å². The molecular formula is C24H23F3N2O3. The van der Waals surface area contributed by atoms with E-state index in [-0.39, 0.29) is 25.2 Å². The van der Waals surface area contributed by atoms with Crippen molar-refractivity contribution in [3.63, 3.8) is 0 Å². The van der Waals surface area contributed by atoms with Crippen LogP contribution in [-0.4, -0.2) is 34.4 Å². The molecule has 0 spiro atoms. The molecule has 3 aromatic rings. The first-order chi connectivity index (χ1) is 15.4. The number of rotatable bonds is 6. The molecule has 1 saturated heterocycles. The summed E-state index contributed by atoms with van der Waals surface area (Å²) in [7, 11) is 0. The largest absolute Gasteiger partial charge is 0.472 e. The highest BCUT2D eigenvalue weighted by Gasteiger charge is 2.31. The van der Waals surface area contributed by atoms with Crippen LogP contribution < -0.4 is 9.64 Å². The molecule has 4 rings (SSSR count). The van der Waals surface area contributed by atoms with Crippen molar-refractivity contribution in [2.75, 3.05) is 18.0 Å². The number of hydrogen-bond acceptors (Lipinski definition) is 5. The molecule has 5 nitrogen and oxygen atoms in total. The number of aromatic nitrogens is 1. The van der Waals surface area contributed by atoms with Gasteiger partial charge >= 0.3 is 6.18 Å². The third kappa shape index (κ3) is 4.87. The molecule has 2 N–H and O–H groups in total. The van der Waals surface area contributed by atoms with E-state index in [0.29, 0.717) is 19.5 Å². The second-order valence-corrected chi connectivity index (χ2v) is 7.71. The number of nitrogens with zero attached hydrogens (tertiary/aromatic N) is 2. The minimum Gasteiger partial charge on any atom is -0.472 e. The van der Waals surface area contributed by atoms with Gasteiger partial charge in [0.25, 0.3) is 0 Å². The van der Waals surface area contributed by atoms with Crippen LogP contribution in [0, 0.1) is 0 Å². The highest BCUT2D eigenvalue weighted by molar-refractivity contribution is 5.69. The second kappa shape index (κ2) is 9.18. The predicted molar refractivity (Wildman–Crippen MR) is 114 cm³/mol. The van der Waals surface area contributed by atoms with Crippen molar-refractivity contribution in [2.24, 2.45) is 0 Å². The zero-order chi connectivity index (χ0) is 22.7. The molecule has 0 amide bonds. The Kier molecular flexibility index (Phi) is 6.34. The minimum absolute atomic E-state index is 0.0126. The van der Waals surface area contributed by atoms with Crippen molar-refractivity contribution in [3.05, 3.63) is 77.5 Å². The summed E-state index contributed by atoms with van der Waals surface area (Å²) in [6.45, 7) is 1.10. The molecule has 2 heterocycles. The molecule has 0 bridgehead atoms. The van der Waals surface area contributed by atoms with Gasteiger partial charge in [0.2, 0.25) is 5.88 Å². The van der Waals surface area contributed by atoms with Gasteiger partial charge in [0.15, 0.2) is 0 Å². The number of alkyl halides is 3. The lowest BCUT2D eigenvalue weighted by Gasteiger charge is -2.22. The molecule has 1 aliphatic rings. The van der Waals surface area contributed by atoms with Crippen LogP contribution in [0.3, 0.4) is 0 Å². The van der Waals surface area contributed by atoms with E-state index in [2.05, 4.69) is 9.88 Å². The first kappa shape index (κ1) is 22.1. The maximum absolute atomic E-state index is 12.7. The number of aliphatic hydroxyl groups is 2. The molecule has 1 fully saturated rings. The molecule has 1 aliphatic heterocycles. The standard InChI is InChI=1S/C24H23F3N2O3/c25-24(26,27)20-6-8-23(28-12-20)32-21-9-10-29(13-21)22-7-5-18(11-19(22)15-31)17-3-1-16(14-30)2-4-17/h1-8,11-12,21,30-31H,9-10,13-15H2. The molecule has 1 unspecified atom stereocenters. The highest BCUT2D eigenvalue weighted by Crippen LogP contribution is 2.32. The zero-order valence-electron chi connectivity index (χ0n) is 17.2. The molecule has 1 atom stereocenters. The van der Waals surface area contributed by atoms with Crippen molar-refractivity contribution in [3.8, 4) is 17.0 Å². The molecule has 0 aliphatic carbocycles. The number of aliphatic hydroxyl groups excluding tert-OH is 2. The Morgan fingerprint density at radius 2 is 1.72 bits per heavy atom. The minimum atomic E-state index is -4.43. The van der Waals surface area contributed by atoms with Gasteiger partial charge in [0, 0.05) is 36.5 Å². The summed E-state index contributed by atoms with van der Waals surface area (Å²) in [6, 6.07) is 15.7. The number of halogens is 3. The van der Waals surface area contributed by atoms with Crippen LogP contribution in [0.25, 0.3) is 11.1 Å². The van der Waals surface area contributed by atoms with E-state index in [9.17, 15) is 23.4 Å². The number of pyridine rings is 1. The number of benzene rings is 2. The normalized spacial score (nSPS) is 16.4. The van der Waals surface area contributed by atoms with Crippen LogP contribution in [0.5, 0.6) is 5.88 Å². The van der Waals surface area contributed by atoms with Gasteiger partial charge in [0.05, 0.1) is 25.3 Å². The molecule has 8 heteroatoms. The molecule has 1 aromatic heterocycles. The lowest BCUT2D eigenvalue weighted by atomic mass is 10.0. The van der Waals surface area contributed by atoms with Crippen molar-refractivity contribution in [2.45, 2.75) is 31.9 Å². The smallest absolute Gasteiger partial charge is 0.417 e. The first-order valence-electron chi connectivity index (χ1n) is 10.3. The van der Waals surface area contributed by atoms with Crippen molar-refractivity contribution in [1.82, 2.24) is 4.98 Å². The van der Waals surface area contributed by atoms with E-state index in [4.69, 9.17) is 4.74 Å². The Balaban J connectivity index is 1.45. The van der Waals surface area contributed by atoms with Gasteiger partial charge < -0.3 is 19.8 Å². The molecule has 0 radical (unpaired) electrons. The second-order valence-electron chi connectivity index (χ2n) is 7.71. The van der Waals surface area contributed by atoms with Crippen molar-refractivity contribution < 1.29 is 28.1 Å². The number of ether oxygens (including phenoxy) is 1. The Morgan fingerprint density at radius 3 is 2.34 bits per heavy atom. The van der Waals surface area contributed by atoms with Gasteiger partial charge in [-0.25, -0.2) is 4.98 Å². The van der Waals surface area contributed by atoms with E-state index >= 15 is 0 Å². The summed E-state index contributed by atoms with van der Waals surface area (Å²) in [5, 5.41) is 19.1. The summed E-state index contributed by atoms with van der Waals surface area (Å²) < 4.78 is 43.8. The number of hydrogen-bond donors (Lipinski definition) is 2. The van der Waals surface area contributed by atoms with Crippen LogP contribution in [0.15, 0.2) is 60.8 Å². The van der Waals surface area contributed by atoms with E-state index in [1.807, 2.05) is 42.5 Å². The third-order valence-electron chi connectivity index (χ3n) is 5.56. The Bertz CT molecular complexity index is 1050. The Labute approximate surface area is 183 Å². The fraction of sp³-hybridized carbons (Fsp3) is 0.292. The first-order valence-corrected chi connectivity index (χ1v) is 10.3. The van der Waals surface area contributed by atoms with Crippen molar-refractivity contribution >= 4 is 5.69 Å². The molecule has 32 heavy (non-hydrogen) atoms. The Morgan fingerprint density at radius 1 is 0.969 bits per heavy atom. The zero-order valence-corrected chi connectivity index (χ0v) is 17.2. The van der Waals surface area contributed by atoms with Crippen molar-refractivity contribution in [1.29, 1.82) is 0 Å². The van der Waals surface area contributed by atoms with E-state index in [1.165, 1.54) is 6.07 Å². The summed E-state index contributed by atoms with van der Waals surface area (Å²) in [5.74, 6) is 0.161.